The van der Waals surface area contributed by atoms with Gasteiger partial charge in [0.1, 0.15) is 6.04 Å². The van der Waals surface area contributed by atoms with E-state index in [1.165, 1.54) is 0 Å². The summed E-state index contributed by atoms with van der Waals surface area (Å²) in [6.45, 7) is 3.78. The smallest absolute Gasteiger partial charge is 0.230 e. The fourth-order valence-corrected chi connectivity index (χ4v) is 1.54. The Kier molecular flexibility index (Phi) is 7.11. The Labute approximate surface area is 118 Å². The Hall–Kier alpha value is -2.70. The van der Waals surface area contributed by atoms with Crippen molar-refractivity contribution in [2.45, 2.75) is 18.9 Å². The van der Waals surface area contributed by atoms with Crippen LogP contribution in [0.25, 0.3) is 10.4 Å². The van der Waals surface area contributed by atoms with Gasteiger partial charge in [0.2, 0.25) is 5.91 Å². The number of rotatable bonds is 6. The lowest BCUT2D eigenvalue weighted by Crippen LogP contribution is -2.34. The Morgan fingerprint density at radius 2 is 2.20 bits per heavy atom. The summed E-state index contributed by atoms with van der Waals surface area (Å²) in [6.07, 6.45) is 2.64. The van der Waals surface area contributed by atoms with Crippen LogP contribution in [0.3, 0.4) is 0 Å². The maximum Gasteiger partial charge on any atom is 0.230 e. The highest BCUT2D eigenvalue weighted by Gasteiger charge is 2.16. The van der Waals surface area contributed by atoms with E-state index in [2.05, 4.69) is 33.8 Å². The molecule has 1 aromatic rings. The molecule has 0 fully saturated rings. The molecule has 0 saturated heterocycles. The van der Waals surface area contributed by atoms with Crippen LogP contribution in [-0.4, -0.2) is 18.5 Å². The second kappa shape index (κ2) is 9.26. The minimum absolute atomic E-state index is 0.235. The lowest BCUT2D eigenvalue weighted by atomic mass is 10.1. The van der Waals surface area contributed by atoms with E-state index in [4.69, 9.17) is 5.53 Å². The van der Waals surface area contributed by atoms with Gasteiger partial charge in [-0.05, 0) is 17.5 Å². The predicted molar refractivity (Wildman–Crippen MR) is 78.7 cm³/mol. The van der Waals surface area contributed by atoms with E-state index in [9.17, 15) is 4.79 Å². The molecule has 0 bridgehead atoms. The first-order chi connectivity index (χ1) is 9.77. The zero-order valence-corrected chi connectivity index (χ0v) is 11.1. The van der Waals surface area contributed by atoms with E-state index < -0.39 is 6.04 Å². The predicted octanol–water partition coefficient (Wildman–Crippen LogP) is 2.60. The van der Waals surface area contributed by atoms with Gasteiger partial charge >= 0.3 is 0 Å². The molecule has 1 aromatic carbocycles. The zero-order valence-electron chi connectivity index (χ0n) is 11.1. The highest BCUT2D eigenvalue weighted by molar-refractivity contribution is 5.82. The molecule has 20 heavy (non-hydrogen) atoms. The second-order valence-electron chi connectivity index (χ2n) is 3.97. The molecule has 1 amide bonds. The molecular weight excluding hydrogens is 252 g/mol. The molecule has 0 spiro atoms. The van der Waals surface area contributed by atoms with Crippen molar-refractivity contribution in [2.24, 2.45) is 5.11 Å². The van der Waals surface area contributed by atoms with Gasteiger partial charge in [0.25, 0.3) is 0 Å². The topological polar surface area (TPSA) is 77.9 Å². The highest BCUT2D eigenvalue weighted by atomic mass is 16.2. The van der Waals surface area contributed by atoms with Crippen LogP contribution in [0.2, 0.25) is 0 Å². The molecule has 0 radical (unpaired) electrons. The molecule has 0 aliphatic rings. The normalized spacial score (nSPS) is 10.4. The van der Waals surface area contributed by atoms with Crippen molar-refractivity contribution in [3.05, 3.63) is 59.0 Å². The van der Waals surface area contributed by atoms with Crippen molar-refractivity contribution in [1.82, 2.24) is 5.32 Å². The Morgan fingerprint density at radius 3 is 2.85 bits per heavy atom. The van der Waals surface area contributed by atoms with Gasteiger partial charge in [0, 0.05) is 11.3 Å². The standard InChI is InChI=1S/C15H16N4O/c1-2-3-4-8-11-17-15(20)14(18-19-16)12-13-9-6-5-7-10-13/h2,5-7,9-10,14H,1,3,11-12H2,(H,17,20)/t14-/m0/s1. The number of hydrogen-bond acceptors (Lipinski definition) is 2. The van der Waals surface area contributed by atoms with Gasteiger partial charge in [0.05, 0.1) is 6.54 Å². The van der Waals surface area contributed by atoms with Crippen LogP contribution in [0, 0.1) is 11.8 Å². The van der Waals surface area contributed by atoms with Gasteiger partial charge in [-0.15, -0.1) is 6.58 Å². The third-order valence-corrected chi connectivity index (χ3v) is 2.49. The summed E-state index contributed by atoms with van der Waals surface area (Å²) in [7, 11) is 0. The summed E-state index contributed by atoms with van der Waals surface area (Å²) in [5, 5.41) is 6.17. The van der Waals surface area contributed by atoms with E-state index in [1.807, 2.05) is 30.3 Å². The third-order valence-electron chi connectivity index (χ3n) is 2.49. The first-order valence-electron chi connectivity index (χ1n) is 6.20. The number of azide groups is 1. The van der Waals surface area contributed by atoms with Crippen LogP contribution in [0.4, 0.5) is 0 Å². The summed E-state index contributed by atoms with van der Waals surface area (Å²) in [5.41, 5.74) is 9.49. The molecule has 1 rings (SSSR count). The maximum atomic E-state index is 11.9. The number of carbonyl (C=O) groups excluding carboxylic acids is 1. The molecule has 0 saturated carbocycles. The zero-order chi connectivity index (χ0) is 14.6. The monoisotopic (exact) mass is 268 g/mol. The van der Waals surface area contributed by atoms with Crippen molar-refractivity contribution in [3.8, 4) is 11.8 Å². The third kappa shape index (κ3) is 5.76. The summed E-state index contributed by atoms with van der Waals surface area (Å²) >= 11 is 0. The summed E-state index contributed by atoms with van der Waals surface area (Å²) in [4.78, 5) is 14.6. The molecule has 0 heterocycles. The quantitative estimate of drug-likeness (QED) is 0.278. The second-order valence-corrected chi connectivity index (χ2v) is 3.97. The fourth-order valence-electron chi connectivity index (χ4n) is 1.54. The van der Waals surface area contributed by atoms with Crippen LogP contribution in [-0.2, 0) is 11.2 Å². The van der Waals surface area contributed by atoms with E-state index in [0.717, 1.165) is 5.56 Å². The largest absolute Gasteiger partial charge is 0.345 e. The molecule has 0 aliphatic carbocycles. The van der Waals surface area contributed by atoms with Crippen molar-refractivity contribution < 1.29 is 4.79 Å². The van der Waals surface area contributed by atoms with Crippen molar-refractivity contribution in [3.63, 3.8) is 0 Å². The summed E-state index contributed by atoms with van der Waals surface area (Å²) in [5.74, 6) is 5.30. The molecular formula is C15H16N4O. The maximum absolute atomic E-state index is 11.9. The lowest BCUT2D eigenvalue weighted by molar-refractivity contribution is -0.122. The van der Waals surface area contributed by atoms with Crippen LogP contribution < -0.4 is 5.32 Å². The summed E-state index contributed by atoms with van der Waals surface area (Å²) in [6, 6.07) is 8.65. The van der Waals surface area contributed by atoms with E-state index in [0.29, 0.717) is 12.8 Å². The van der Waals surface area contributed by atoms with Crippen LogP contribution in [0.15, 0.2) is 48.1 Å². The minimum atomic E-state index is -0.761. The minimum Gasteiger partial charge on any atom is -0.345 e. The Balaban J connectivity index is 2.57. The van der Waals surface area contributed by atoms with Crippen LogP contribution in [0.5, 0.6) is 0 Å². The number of amides is 1. The lowest BCUT2D eigenvalue weighted by Gasteiger charge is -2.10. The molecule has 102 valence electrons. The molecule has 0 aliphatic heterocycles. The number of hydrogen-bond donors (Lipinski definition) is 1. The Morgan fingerprint density at radius 1 is 1.45 bits per heavy atom. The van der Waals surface area contributed by atoms with E-state index in [-0.39, 0.29) is 12.5 Å². The fraction of sp³-hybridized carbons (Fsp3) is 0.267. The molecule has 1 atom stereocenters. The van der Waals surface area contributed by atoms with Gasteiger partial charge in [-0.25, -0.2) is 0 Å². The van der Waals surface area contributed by atoms with Gasteiger partial charge < -0.3 is 5.32 Å². The van der Waals surface area contributed by atoms with Gasteiger partial charge in [-0.1, -0.05) is 53.4 Å². The Bertz CT molecular complexity index is 550. The molecule has 5 nitrogen and oxygen atoms in total. The molecule has 0 aromatic heterocycles. The number of nitrogens with zero attached hydrogens (tertiary/aromatic N) is 3. The van der Waals surface area contributed by atoms with Crippen molar-refractivity contribution in [2.75, 3.05) is 6.54 Å². The number of benzene rings is 1. The first-order valence-corrected chi connectivity index (χ1v) is 6.20. The van der Waals surface area contributed by atoms with Crippen molar-refractivity contribution in [1.29, 1.82) is 0 Å². The van der Waals surface area contributed by atoms with E-state index in [1.54, 1.807) is 6.08 Å². The van der Waals surface area contributed by atoms with Crippen LogP contribution >= 0.6 is 0 Å². The average molecular weight is 268 g/mol. The molecule has 0 unspecified atom stereocenters. The summed E-state index contributed by atoms with van der Waals surface area (Å²) < 4.78 is 0. The van der Waals surface area contributed by atoms with Gasteiger partial charge in [0.15, 0.2) is 0 Å². The van der Waals surface area contributed by atoms with Crippen molar-refractivity contribution >= 4 is 5.91 Å². The number of nitrogens with one attached hydrogen (secondary N) is 1. The average Bonchev–Trinajstić information content (AvgIpc) is 2.47. The van der Waals surface area contributed by atoms with Gasteiger partial charge in [-0.3, -0.25) is 4.79 Å². The SMILES string of the molecule is C=CCC#CCNC(=O)[C@H](Cc1ccccc1)N=[N+]=[N-]. The first kappa shape index (κ1) is 15.4. The van der Waals surface area contributed by atoms with Crippen LogP contribution in [0.1, 0.15) is 12.0 Å². The molecule has 5 heteroatoms. The van der Waals surface area contributed by atoms with Gasteiger partial charge in [-0.2, -0.15) is 0 Å². The highest BCUT2D eigenvalue weighted by Crippen LogP contribution is 2.06. The molecule has 1 N–H and O–H groups in total. The number of allylic oxidation sites excluding steroid dienone is 1. The number of carbonyl (C=O) groups is 1. The van der Waals surface area contributed by atoms with E-state index >= 15 is 0 Å².